The molecule has 136 valence electrons. The molecule has 0 bridgehead atoms. The number of aromatic nitrogens is 3. The van der Waals surface area contributed by atoms with Crippen molar-refractivity contribution in [3.63, 3.8) is 0 Å². The molecule has 10 heteroatoms. The number of rotatable bonds is 6. The number of hydrogen-bond acceptors (Lipinski definition) is 5. The molecule has 1 atom stereocenters. The summed E-state index contributed by atoms with van der Waals surface area (Å²) in [6.45, 7) is 0.853. The smallest absolute Gasteiger partial charge is 0.216 e. The van der Waals surface area contributed by atoms with Crippen LogP contribution in [-0.4, -0.2) is 30.3 Å². The monoisotopic (exact) mass is 372 g/mol. The van der Waals surface area contributed by atoms with Crippen molar-refractivity contribution in [1.82, 2.24) is 19.5 Å². The number of sulfonamides is 1. The molecule has 3 rings (SSSR count). The van der Waals surface area contributed by atoms with Crippen LogP contribution in [0, 0.1) is 11.6 Å². The van der Waals surface area contributed by atoms with E-state index in [0.717, 1.165) is 12.1 Å². The van der Waals surface area contributed by atoms with Crippen LogP contribution in [0.25, 0.3) is 0 Å². The second kappa shape index (κ2) is 7.14. The summed E-state index contributed by atoms with van der Waals surface area (Å²) >= 11 is 0. The fraction of sp³-hybridized carbons (Fsp3) is 0.467. The van der Waals surface area contributed by atoms with Gasteiger partial charge in [0, 0.05) is 19.2 Å². The highest BCUT2D eigenvalue weighted by atomic mass is 32.2. The number of halogens is 2. The van der Waals surface area contributed by atoms with Crippen LogP contribution in [0.4, 0.5) is 8.78 Å². The van der Waals surface area contributed by atoms with Gasteiger partial charge in [-0.05, 0) is 25.0 Å². The number of nitrogens with one attached hydrogen (secondary N) is 1. The van der Waals surface area contributed by atoms with Crippen LogP contribution in [0.15, 0.2) is 18.2 Å². The number of benzene rings is 1. The van der Waals surface area contributed by atoms with Gasteiger partial charge in [-0.3, -0.25) is 0 Å². The molecule has 0 saturated heterocycles. The van der Waals surface area contributed by atoms with Gasteiger partial charge in [0.05, 0.1) is 11.8 Å². The third kappa shape index (κ3) is 4.02. The van der Waals surface area contributed by atoms with Crippen LogP contribution in [0.3, 0.4) is 0 Å². The highest BCUT2D eigenvalue weighted by Crippen LogP contribution is 2.25. The van der Waals surface area contributed by atoms with E-state index in [1.165, 1.54) is 13.2 Å². The van der Waals surface area contributed by atoms with Gasteiger partial charge in [-0.2, -0.15) is 5.10 Å². The summed E-state index contributed by atoms with van der Waals surface area (Å²) in [4.78, 5) is 4.30. The molecule has 1 N–H and O–H groups in total. The molecule has 25 heavy (non-hydrogen) atoms. The lowest BCUT2D eigenvalue weighted by molar-refractivity contribution is 0.177. The molecule has 2 heterocycles. The summed E-state index contributed by atoms with van der Waals surface area (Å²) in [6, 6.07) is 2.66. The normalized spacial score (nSPS) is 17.5. The Morgan fingerprint density at radius 3 is 2.76 bits per heavy atom. The summed E-state index contributed by atoms with van der Waals surface area (Å²) in [5.74, 6) is -1.61. The molecular formula is C15H18F2N4O3S. The first-order valence-electron chi connectivity index (χ1n) is 7.75. The summed E-state index contributed by atoms with van der Waals surface area (Å²) in [5.41, 5.74) is -0.479. The standard InChI is InChI=1S/C15H18F2N4O3S/c1-24-8-14-18-15-13(6-3-7-21(15)19-14)20-25(22,23)9-10-11(16)4-2-5-12(10)17/h2,4-5,13,20H,3,6-9H2,1H3/t13-/m0/s1. The quantitative estimate of drug-likeness (QED) is 0.833. The minimum absolute atomic E-state index is 0.222. The highest BCUT2D eigenvalue weighted by molar-refractivity contribution is 7.88. The predicted molar refractivity (Wildman–Crippen MR) is 84.8 cm³/mol. The van der Waals surface area contributed by atoms with Crippen molar-refractivity contribution in [2.45, 2.75) is 37.8 Å². The van der Waals surface area contributed by atoms with Crippen LogP contribution >= 0.6 is 0 Å². The first-order valence-corrected chi connectivity index (χ1v) is 9.40. The Bertz CT molecular complexity index is 849. The molecule has 0 radical (unpaired) electrons. The molecule has 2 aromatic rings. The average molecular weight is 372 g/mol. The number of fused-ring (bicyclic) bond motifs is 1. The summed E-state index contributed by atoms with van der Waals surface area (Å²) in [6.07, 6.45) is 1.24. The molecule has 0 fully saturated rings. The summed E-state index contributed by atoms with van der Waals surface area (Å²) in [7, 11) is -2.45. The maximum Gasteiger partial charge on any atom is 0.216 e. The van der Waals surface area contributed by atoms with Crippen molar-refractivity contribution in [3.05, 3.63) is 47.0 Å². The molecule has 0 amide bonds. The Morgan fingerprint density at radius 2 is 2.08 bits per heavy atom. The molecule has 0 aliphatic carbocycles. The van der Waals surface area contributed by atoms with E-state index < -0.39 is 39.0 Å². The number of methoxy groups -OCH3 is 1. The van der Waals surface area contributed by atoms with Crippen molar-refractivity contribution < 1.29 is 21.9 Å². The first-order chi connectivity index (χ1) is 11.9. The molecule has 1 aromatic heterocycles. The van der Waals surface area contributed by atoms with E-state index in [2.05, 4.69) is 14.8 Å². The molecule has 0 spiro atoms. The van der Waals surface area contributed by atoms with Gasteiger partial charge in [-0.25, -0.2) is 31.6 Å². The number of ether oxygens (including phenoxy) is 1. The number of hydrogen-bond donors (Lipinski definition) is 1. The molecule has 1 aliphatic heterocycles. The minimum atomic E-state index is -3.97. The zero-order valence-corrected chi connectivity index (χ0v) is 14.4. The van der Waals surface area contributed by atoms with Gasteiger partial charge in [0.15, 0.2) is 5.82 Å². The van der Waals surface area contributed by atoms with Gasteiger partial charge in [-0.1, -0.05) is 6.07 Å². The molecule has 1 aromatic carbocycles. The van der Waals surface area contributed by atoms with Gasteiger partial charge in [0.25, 0.3) is 0 Å². The molecule has 0 unspecified atom stereocenters. The van der Waals surface area contributed by atoms with Crippen LogP contribution in [0.2, 0.25) is 0 Å². The van der Waals surface area contributed by atoms with Gasteiger partial charge >= 0.3 is 0 Å². The Morgan fingerprint density at radius 1 is 1.36 bits per heavy atom. The SMILES string of the molecule is COCc1nc2n(n1)CCC[C@@H]2NS(=O)(=O)Cc1c(F)cccc1F. The van der Waals surface area contributed by atoms with E-state index in [-0.39, 0.29) is 6.61 Å². The lowest BCUT2D eigenvalue weighted by Gasteiger charge is -2.23. The van der Waals surface area contributed by atoms with E-state index in [1.54, 1.807) is 4.68 Å². The molecule has 1 aliphatic rings. The Kier molecular flexibility index (Phi) is 5.11. The second-order valence-corrected chi connectivity index (χ2v) is 7.57. The van der Waals surface area contributed by atoms with E-state index in [9.17, 15) is 17.2 Å². The van der Waals surface area contributed by atoms with Crippen LogP contribution in [0.1, 0.15) is 36.1 Å². The number of aryl methyl sites for hydroxylation is 1. The number of nitrogens with zero attached hydrogens (tertiary/aromatic N) is 3. The average Bonchev–Trinajstić information content (AvgIpc) is 2.95. The Balaban J connectivity index is 1.80. The zero-order chi connectivity index (χ0) is 18.0. The van der Waals surface area contributed by atoms with Crippen molar-refractivity contribution >= 4 is 10.0 Å². The largest absolute Gasteiger partial charge is 0.377 e. The van der Waals surface area contributed by atoms with Crippen molar-refractivity contribution in [1.29, 1.82) is 0 Å². The fourth-order valence-electron chi connectivity index (χ4n) is 2.82. The van der Waals surface area contributed by atoms with Crippen molar-refractivity contribution in [2.24, 2.45) is 0 Å². The lowest BCUT2D eigenvalue weighted by atomic mass is 10.1. The fourth-order valence-corrected chi connectivity index (χ4v) is 4.22. The Labute approximate surface area is 144 Å². The van der Waals surface area contributed by atoms with Gasteiger partial charge in [0.1, 0.15) is 24.1 Å². The van der Waals surface area contributed by atoms with E-state index in [1.807, 2.05) is 0 Å². The third-order valence-corrected chi connectivity index (χ3v) is 5.22. The van der Waals surface area contributed by atoms with Crippen LogP contribution in [-0.2, 0) is 33.7 Å². The van der Waals surface area contributed by atoms with Crippen molar-refractivity contribution in [2.75, 3.05) is 7.11 Å². The van der Waals surface area contributed by atoms with Gasteiger partial charge in [-0.15, -0.1) is 0 Å². The molecular weight excluding hydrogens is 354 g/mol. The van der Waals surface area contributed by atoms with Gasteiger partial charge in [0.2, 0.25) is 10.0 Å². The maximum absolute atomic E-state index is 13.7. The highest BCUT2D eigenvalue weighted by Gasteiger charge is 2.29. The lowest BCUT2D eigenvalue weighted by Crippen LogP contribution is -2.34. The van der Waals surface area contributed by atoms with Crippen LogP contribution in [0.5, 0.6) is 0 Å². The summed E-state index contributed by atoms with van der Waals surface area (Å²) < 4.78 is 61.3. The zero-order valence-electron chi connectivity index (χ0n) is 13.6. The third-order valence-electron chi connectivity index (χ3n) is 3.91. The topological polar surface area (TPSA) is 86.1 Å². The molecule has 0 saturated carbocycles. The Hall–Kier alpha value is -1.91. The second-order valence-electron chi connectivity index (χ2n) is 5.81. The van der Waals surface area contributed by atoms with E-state index >= 15 is 0 Å². The van der Waals surface area contributed by atoms with E-state index in [0.29, 0.717) is 31.0 Å². The maximum atomic E-state index is 13.7. The first kappa shape index (κ1) is 17.9. The van der Waals surface area contributed by atoms with Crippen molar-refractivity contribution in [3.8, 4) is 0 Å². The molecule has 7 nitrogen and oxygen atoms in total. The van der Waals surface area contributed by atoms with Crippen LogP contribution < -0.4 is 4.72 Å². The summed E-state index contributed by atoms with van der Waals surface area (Å²) in [5, 5.41) is 4.26. The van der Waals surface area contributed by atoms with Gasteiger partial charge < -0.3 is 4.74 Å². The minimum Gasteiger partial charge on any atom is -0.377 e. The van der Waals surface area contributed by atoms with E-state index in [4.69, 9.17) is 4.74 Å². The predicted octanol–water partition coefficient (Wildman–Crippen LogP) is 1.66.